The lowest BCUT2D eigenvalue weighted by atomic mass is 9.58. The van der Waals surface area contributed by atoms with Crippen LogP contribution in [0, 0.1) is 5.92 Å². The molecule has 0 unspecified atom stereocenters. The number of aromatic hydroxyl groups is 2. The molecule has 0 aliphatic heterocycles. The number of phenols is 2. The molecule has 0 bridgehead atoms. The third kappa shape index (κ3) is 2.82. The van der Waals surface area contributed by atoms with Gasteiger partial charge in [-0.15, -0.1) is 0 Å². The molecule has 5 nitrogen and oxygen atoms in total. The Bertz CT molecular complexity index is 699. The van der Waals surface area contributed by atoms with Gasteiger partial charge in [-0.2, -0.15) is 0 Å². The minimum Gasteiger partial charge on any atom is -0.508 e. The van der Waals surface area contributed by atoms with Crippen LogP contribution in [0.25, 0.3) is 0 Å². The number of carboxylic acids is 1. The summed E-state index contributed by atoms with van der Waals surface area (Å²) in [6.45, 7) is 0. The van der Waals surface area contributed by atoms with Crippen molar-refractivity contribution < 1.29 is 24.9 Å². The van der Waals surface area contributed by atoms with Crippen LogP contribution in [-0.4, -0.2) is 34.0 Å². The summed E-state index contributed by atoms with van der Waals surface area (Å²) in [7, 11) is 1.61. The first kappa shape index (κ1) is 17.5. The zero-order valence-corrected chi connectivity index (χ0v) is 14.3. The Balaban J connectivity index is 2.13. The van der Waals surface area contributed by atoms with Crippen molar-refractivity contribution in [3.63, 3.8) is 0 Å². The summed E-state index contributed by atoms with van der Waals surface area (Å²) < 4.78 is 5.95. The molecule has 0 heterocycles. The van der Waals surface area contributed by atoms with Crippen molar-refractivity contribution in [3.05, 3.63) is 48.1 Å². The smallest absolute Gasteiger partial charge is 0.314 e. The first-order valence-corrected chi connectivity index (χ1v) is 8.63. The first-order chi connectivity index (χ1) is 11.9. The maximum absolute atomic E-state index is 11.3. The van der Waals surface area contributed by atoms with Gasteiger partial charge in [-0.3, -0.25) is 4.79 Å². The van der Waals surface area contributed by atoms with E-state index in [2.05, 4.69) is 0 Å². The average molecular weight is 344 g/mol. The molecular formula is C20H24O5. The van der Waals surface area contributed by atoms with Crippen LogP contribution >= 0.6 is 0 Å². The Kier molecular flexibility index (Phi) is 4.60. The van der Waals surface area contributed by atoms with Crippen LogP contribution in [0.1, 0.15) is 37.7 Å². The molecule has 3 N–H and O–H groups in total. The highest BCUT2D eigenvalue weighted by atomic mass is 16.5. The van der Waals surface area contributed by atoms with Crippen LogP contribution in [0.5, 0.6) is 11.5 Å². The van der Waals surface area contributed by atoms with Crippen LogP contribution in [0.4, 0.5) is 0 Å². The van der Waals surface area contributed by atoms with Gasteiger partial charge in [0.15, 0.2) is 0 Å². The van der Waals surface area contributed by atoms with Crippen molar-refractivity contribution in [1.29, 1.82) is 0 Å². The Morgan fingerprint density at radius 3 is 2.28 bits per heavy atom. The Morgan fingerprint density at radius 1 is 1.12 bits per heavy atom. The summed E-state index contributed by atoms with van der Waals surface area (Å²) in [6.07, 6.45) is 11.7. The van der Waals surface area contributed by atoms with E-state index in [4.69, 9.17) is 4.74 Å². The van der Waals surface area contributed by atoms with Gasteiger partial charge in [0, 0.05) is 24.2 Å². The van der Waals surface area contributed by atoms with Gasteiger partial charge < -0.3 is 20.1 Å². The Morgan fingerprint density at radius 2 is 1.76 bits per heavy atom. The second-order valence-corrected chi connectivity index (χ2v) is 6.92. The van der Waals surface area contributed by atoms with E-state index in [1.165, 1.54) is 6.07 Å². The van der Waals surface area contributed by atoms with Gasteiger partial charge in [-0.1, -0.05) is 49.6 Å². The molecule has 1 aromatic carbocycles. The minimum atomic E-state index is -0.901. The van der Waals surface area contributed by atoms with Gasteiger partial charge in [0.25, 0.3) is 0 Å². The maximum Gasteiger partial charge on any atom is 0.314 e. The van der Waals surface area contributed by atoms with Crippen molar-refractivity contribution >= 4 is 5.97 Å². The molecule has 3 rings (SSSR count). The number of methoxy groups -OCH3 is 1. The maximum atomic E-state index is 11.3. The molecule has 134 valence electrons. The molecule has 0 spiro atoms. The van der Waals surface area contributed by atoms with Gasteiger partial charge in [0.2, 0.25) is 0 Å². The van der Waals surface area contributed by atoms with Crippen LogP contribution in [0.3, 0.4) is 0 Å². The summed E-state index contributed by atoms with van der Waals surface area (Å²) in [5, 5.41) is 29.4. The molecule has 25 heavy (non-hydrogen) atoms. The van der Waals surface area contributed by atoms with E-state index in [0.717, 1.165) is 37.7 Å². The van der Waals surface area contributed by atoms with Crippen LogP contribution in [-0.2, 0) is 14.9 Å². The highest BCUT2D eigenvalue weighted by molar-refractivity contribution is 5.75. The molecule has 2 aliphatic rings. The van der Waals surface area contributed by atoms with Gasteiger partial charge in [0.05, 0.1) is 5.92 Å². The average Bonchev–Trinajstić information content (AvgIpc) is 2.62. The second kappa shape index (κ2) is 6.56. The van der Waals surface area contributed by atoms with E-state index in [9.17, 15) is 20.1 Å². The normalized spacial score (nSPS) is 28.0. The molecule has 1 saturated carbocycles. The fourth-order valence-electron chi connectivity index (χ4n) is 4.38. The fourth-order valence-corrected chi connectivity index (χ4v) is 4.38. The molecule has 0 saturated heterocycles. The van der Waals surface area contributed by atoms with E-state index in [1.807, 2.05) is 12.2 Å². The van der Waals surface area contributed by atoms with Crippen LogP contribution in [0.15, 0.2) is 42.5 Å². The highest BCUT2D eigenvalue weighted by Gasteiger charge is 2.52. The molecule has 2 aliphatic carbocycles. The van der Waals surface area contributed by atoms with Crippen molar-refractivity contribution in [2.24, 2.45) is 5.92 Å². The Hall–Kier alpha value is -2.27. The lowest BCUT2D eigenvalue weighted by molar-refractivity contribution is -0.138. The molecule has 0 atom stereocenters. The minimum absolute atomic E-state index is 0.0133. The SMILES string of the molecule is COC1(C2(c3ccc(O)cc3O)CCCCC2)C=CC(C(=O)O)C=C1. The molecule has 1 aromatic rings. The number of rotatable bonds is 4. The molecule has 0 amide bonds. The number of hydrogen-bond donors (Lipinski definition) is 3. The number of hydrogen-bond acceptors (Lipinski definition) is 4. The summed E-state index contributed by atoms with van der Waals surface area (Å²) in [5.74, 6) is -1.51. The third-order valence-electron chi connectivity index (χ3n) is 5.68. The summed E-state index contributed by atoms with van der Waals surface area (Å²) >= 11 is 0. The number of carbonyl (C=O) groups is 1. The van der Waals surface area contributed by atoms with Gasteiger partial charge >= 0.3 is 5.97 Å². The van der Waals surface area contributed by atoms with Gasteiger partial charge in [-0.05, 0) is 18.9 Å². The van der Waals surface area contributed by atoms with E-state index >= 15 is 0 Å². The topological polar surface area (TPSA) is 87.0 Å². The summed E-state index contributed by atoms with van der Waals surface area (Å²) in [4.78, 5) is 11.3. The second-order valence-electron chi connectivity index (χ2n) is 6.92. The number of benzene rings is 1. The van der Waals surface area contributed by atoms with E-state index in [1.54, 1.807) is 31.4 Å². The molecule has 1 fully saturated rings. The van der Waals surface area contributed by atoms with Crippen molar-refractivity contribution in [2.75, 3.05) is 7.11 Å². The third-order valence-corrected chi connectivity index (χ3v) is 5.68. The standard InChI is InChI=1S/C20H24O5/c1-25-20(11-7-14(8-12-20)18(23)24)19(9-3-2-4-10-19)16-6-5-15(21)13-17(16)22/h5-8,11-14,21-22H,2-4,9-10H2,1H3,(H,23,24). The number of phenolic OH excluding ortho intramolecular Hbond substituents is 2. The van der Waals surface area contributed by atoms with Crippen LogP contribution < -0.4 is 0 Å². The van der Waals surface area contributed by atoms with Crippen molar-refractivity contribution in [3.8, 4) is 11.5 Å². The largest absolute Gasteiger partial charge is 0.508 e. The monoisotopic (exact) mass is 344 g/mol. The van der Waals surface area contributed by atoms with Gasteiger partial charge in [-0.25, -0.2) is 0 Å². The molecule has 0 aromatic heterocycles. The predicted octanol–water partition coefficient (Wildman–Crippen LogP) is 3.51. The van der Waals surface area contributed by atoms with E-state index in [-0.39, 0.29) is 11.5 Å². The summed E-state index contributed by atoms with van der Waals surface area (Å²) in [6, 6.07) is 4.68. The highest BCUT2D eigenvalue weighted by Crippen LogP contribution is 2.53. The molecule has 5 heteroatoms. The van der Waals surface area contributed by atoms with Crippen LogP contribution in [0.2, 0.25) is 0 Å². The summed E-state index contributed by atoms with van der Waals surface area (Å²) in [5.41, 5.74) is -0.600. The van der Waals surface area contributed by atoms with Crippen molar-refractivity contribution in [2.45, 2.75) is 43.1 Å². The zero-order valence-electron chi connectivity index (χ0n) is 14.3. The lowest BCUT2D eigenvalue weighted by Crippen LogP contribution is -2.52. The Labute approximate surface area is 147 Å². The molecular weight excluding hydrogens is 320 g/mol. The number of carboxylic acid groups (broad SMARTS) is 1. The first-order valence-electron chi connectivity index (χ1n) is 8.63. The molecule has 0 radical (unpaired) electrons. The van der Waals surface area contributed by atoms with E-state index in [0.29, 0.717) is 0 Å². The predicted molar refractivity (Wildman–Crippen MR) is 93.7 cm³/mol. The zero-order chi connectivity index (χ0) is 18.1. The number of ether oxygens (including phenoxy) is 1. The van der Waals surface area contributed by atoms with E-state index < -0.39 is 22.9 Å². The van der Waals surface area contributed by atoms with Crippen molar-refractivity contribution in [1.82, 2.24) is 0 Å². The van der Waals surface area contributed by atoms with Gasteiger partial charge in [0.1, 0.15) is 17.1 Å². The quantitative estimate of drug-likeness (QED) is 0.728. The number of aliphatic carboxylic acids is 1. The lowest BCUT2D eigenvalue weighted by Gasteiger charge is -2.50. The fraction of sp³-hybridized carbons (Fsp3) is 0.450.